The highest BCUT2D eigenvalue weighted by molar-refractivity contribution is 9.10. The maximum Gasteiger partial charge on any atom is 0.257 e. The first-order valence-corrected chi connectivity index (χ1v) is 9.80. The largest absolute Gasteiger partial charge is 0.486 e. The molecule has 4 rings (SSSR count). The number of nitrogens with zero attached hydrogens (tertiary/aromatic N) is 2. The first kappa shape index (κ1) is 17.6. The predicted octanol–water partition coefficient (Wildman–Crippen LogP) is 5.29. The molecule has 3 aromatic carbocycles. The van der Waals surface area contributed by atoms with E-state index in [-0.39, 0.29) is 5.91 Å². The van der Waals surface area contributed by atoms with Crippen LogP contribution in [-0.2, 0) is 6.61 Å². The van der Waals surface area contributed by atoms with Crippen molar-refractivity contribution < 1.29 is 9.53 Å². The fraction of sp³-hybridized carbons (Fsp3) is 0.0500. The molecule has 134 valence electrons. The van der Waals surface area contributed by atoms with E-state index >= 15 is 0 Å². The SMILES string of the molecule is O=C(Nc1nnc(COc2cccc3ccccc23)s1)c1ccc(Br)cc1. The highest BCUT2D eigenvalue weighted by Gasteiger charge is 2.11. The van der Waals surface area contributed by atoms with E-state index in [2.05, 4.69) is 31.4 Å². The van der Waals surface area contributed by atoms with Crippen LogP contribution in [0.4, 0.5) is 5.13 Å². The zero-order valence-corrected chi connectivity index (χ0v) is 16.5. The van der Waals surface area contributed by atoms with Crippen molar-refractivity contribution in [2.45, 2.75) is 6.61 Å². The summed E-state index contributed by atoms with van der Waals surface area (Å²) < 4.78 is 6.83. The highest BCUT2D eigenvalue weighted by atomic mass is 79.9. The quantitative estimate of drug-likeness (QED) is 0.458. The van der Waals surface area contributed by atoms with E-state index in [1.807, 2.05) is 54.6 Å². The molecule has 0 saturated heterocycles. The minimum absolute atomic E-state index is 0.222. The van der Waals surface area contributed by atoms with Crippen molar-refractivity contribution in [3.05, 3.63) is 81.8 Å². The molecule has 5 nitrogen and oxygen atoms in total. The minimum Gasteiger partial charge on any atom is -0.486 e. The second-order valence-electron chi connectivity index (χ2n) is 5.73. The van der Waals surface area contributed by atoms with Crippen LogP contribution >= 0.6 is 27.3 Å². The summed E-state index contributed by atoms with van der Waals surface area (Å²) in [5.41, 5.74) is 0.557. The van der Waals surface area contributed by atoms with Gasteiger partial charge in [-0.25, -0.2) is 0 Å². The lowest BCUT2D eigenvalue weighted by atomic mass is 10.1. The Morgan fingerprint density at radius 1 is 1.00 bits per heavy atom. The summed E-state index contributed by atoms with van der Waals surface area (Å²) in [7, 11) is 0. The minimum atomic E-state index is -0.222. The molecule has 0 aliphatic heterocycles. The number of aromatic nitrogens is 2. The van der Waals surface area contributed by atoms with Gasteiger partial charge in [-0.1, -0.05) is 63.7 Å². The maximum absolute atomic E-state index is 12.2. The number of carbonyl (C=O) groups excluding carboxylic acids is 1. The third kappa shape index (κ3) is 4.15. The van der Waals surface area contributed by atoms with Crippen LogP contribution in [0.15, 0.2) is 71.2 Å². The van der Waals surface area contributed by atoms with Crippen LogP contribution in [0.2, 0.25) is 0 Å². The van der Waals surface area contributed by atoms with Gasteiger partial charge in [0.25, 0.3) is 5.91 Å². The summed E-state index contributed by atoms with van der Waals surface area (Å²) in [6, 6.07) is 21.1. The molecule has 1 amide bonds. The van der Waals surface area contributed by atoms with Crippen LogP contribution in [0.5, 0.6) is 5.75 Å². The van der Waals surface area contributed by atoms with E-state index in [0.717, 1.165) is 21.0 Å². The molecule has 4 aromatic rings. The van der Waals surface area contributed by atoms with Crippen molar-refractivity contribution in [2.75, 3.05) is 5.32 Å². The Kier molecular flexibility index (Phi) is 5.13. The number of amides is 1. The zero-order chi connectivity index (χ0) is 18.6. The van der Waals surface area contributed by atoms with E-state index < -0.39 is 0 Å². The molecule has 0 aliphatic carbocycles. The summed E-state index contributed by atoms with van der Waals surface area (Å²) in [5, 5.41) is 14.2. The van der Waals surface area contributed by atoms with Crippen LogP contribution in [0, 0.1) is 0 Å². The molecule has 1 N–H and O–H groups in total. The number of anilines is 1. The van der Waals surface area contributed by atoms with E-state index in [4.69, 9.17) is 4.74 Å². The molecule has 0 fully saturated rings. The van der Waals surface area contributed by atoms with Gasteiger partial charge in [-0.3, -0.25) is 10.1 Å². The average molecular weight is 440 g/mol. The Bertz CT molecular complexity index is 1090. The van der Waals surface area contributed by atoms with Gasteiger partial charge in [0.05, 0.1) is 0 Å². The maximum atomic E-state index is 12.2. The van der Waals surface area contributed by atoms with E-state index in [1.54, 1.807) is 12.1 Å². The number of rotatable bonds is 5. The number of carbonyl (C=O) groups is 1. The van der Waals surface area contributed by atoms with Gasteiger partial charge in [-0.15, -0.1) is 10.2 Å². The Hall–Kier alpha value is -2.77. The lowest BCUT2D eigenvalue weighted by Gasteiger charge is -2.07. The third-order valence-corrected chi connectivity index (χ3v) is 5.24. The van der Waals surface area contributed by atoms with Gasteiger partial charge in [0.1, 0.15) is 12.4 Å². The normalized spacial score (nSPS) is 10.7. The Morgan fingerprint density at radius 2 is 1.78 bits per heavy atom. The van der Waals surface area contributed by atoms with E-state index in [9.17, 15) is 4.79 Å². The molecule has 0 unspecified atom stereocenters. The second-order valence-corrected chi connectivity index (χ2v) is 7.71. The smallest absolute Gasteiger partial charge is 0.257 e. The molecule has 0 aliphatic rings. The number of halogens is 1. The van der Waals surface area contributed by atoms with Gasteiger partial charge >= 0.3 is 0 Å². The number of ether oxygens (including phenoxy) is 1. The average Bonchev–Trinajstić information content (AvgIpc) is 3.14. The summed E-state index contributed by atoms with van der Waals surface area (Å²) in [6.45, 7) is 0.291. The highest BCUT2D eigenvalue weighted by Crippen LogP contribution is 2.26. The summed E-state index contributed by atoms with van der Waals surface area (Å²) in [4.78, 5) is 12.2. The van der Waals surface area contributed by atoms with Crippen LogP contribution in [0.25, 0.3) is 10.8 Å². The van der Waals surface area contributed by atoms with Gasteiger partial charge in [0.15, 0.2) is 5.01 Å². The van der Waals surface area contributed by atoms with Crippen LogP contribution in [0.3, 0.4) is 0 Å². The molecular weight excluding hydrogens is 426 g/mol. The van der Waals surface area contributed by atoms with Gasteiger partial charge < -0.3 is 4.74 Å². The monoisotopic (exact) mass is 439 g/mol. The molecule has 0 atom stereocenters. The van der Waals surface area contributed by atoms with Crippen LogP contribution < -0.4 is 10.1 Å². The molecule has 1 aromatic heterocycles. The Morgan fingerprint density at radius 3 is 2.63 bits per heavy atom. The van der Waals surface area contributed by atoms with Crippen molar-refractivity contribution in [1.29, 1.82) is 0 Å². The Balaban J connectivity index is 1.42. The molecule has 0 saturated carbocycles. The molecule has 0 bridgehead atoms. The van der Waals surface area contributed by atoms with Crippen molar-refractivity contribution in [2.24, 2.45) is 0 Å². The van der Waals surface area contributed by atoms with E-state index in [1.165, 1.54) is 11.3 Å². The molecule has 0 spiro atoms. The van der Waals surface area contributed by atoms with Gasteiger partial charge in [0.2, 0.25) is 5.13 Å². The fourth-order valence-electron chi connectivity index (χ4n) is 2.59. The van der Waals surface area contributed by atoms with Gasteiger partial charge in [-0.2, -0.15) is 0 Å². The van der Waals surface area contributed by atoms with E-state index in [0.29, 0.717) is 22.3 Å². The molecule has 1 heterocycles. The van der Waals surface area contributed by atoms with Gasteiger partial charge in [-0.05, 0) is 35.7 Å². The first-order valence-electron chi connectivity index (χ1n) is 8.19. The molecule has 7 heteroatoms. The van der Waals surface area contributed by atoms with Crippen molar-refractivity contribution in [3.63, 3.8) is 0 Å². The second kappa shape index (κ2) is 7.85. The number of hydrogen-bond acceptors (Lipinski definition) is 5. The lowest BCUT2D eigenvalue weighted by Crippen LogP contribution is -2.11. The van der Waals surface area contributed by atoms with Crippen LogP contribution in [-0.4, -0.2) is 16.1 Å². The van der Waals surface area contributed by atoms with Crippen molar-refractivity contribution in [1.82, 2.24) is 10.2 Å². The fourth-order valence-corrected chi connectivity index (χ4v) is 3.51. The summed E-state index contributed by atoms with van der Waals surface area (Å²) in [6.07, 6.45) is 0. The first-order chi connectivity index (χ1) is 13.2. The van der Waals surface area contributed by atoms with Gasteiger partial charge in [0, 0.05) is 15.4 Å². The predicted molar refractivity (Wildman–Crippen MR) is 110 cm³/mol. The summed E-state index contributed by atoms with van der Waals surface area (Å²) >= 11 is 4.65. The number of hydrogen-bond donors (Lipinski definition) is 1. The Labute approximate surface area is 168 Å². The third-order valence-electron chi connectivity index (χ3n) is 3.89. The summed E-state index contributed by atoms with van der Waals surface area (Å²) in [5.74, 6) is 0.573. The molecule has 0 radical (unpaired) electrons. The van der Waals surface area contributed by atoms with Crippen LogP contribution in [0.1, 0.15) is 15.4 Å². The number of nitrogens with one attached hydrogen (secondary N) is 1. The lowest BCUT2D eigenvalue weighted by molar-refractivity contribution is 0.102. The standard InChI is InChI=1S/C20H14BrN3O2S/c21-15-10-8-14(9-11-15)19(25)22-20-24-23-18(27-20)12-26-17-7-3-5-13-4-1-2-6-16(13)17/h1-11H,12H2,(H,22,24,25). The number of fused-ring (bicyclic) bond motifs is 1. The molecule has 27 heavy (non-hydrogen) atoms. The topological polar surface area (TPSA) is 64.1 Å². The number of benzene rings is 3. The molecular formula is C20H14BrN3O2S. The zero-order valence-electron chi connectivity index (χ0n) is 14.1. The van der Waals surface area contributed by atoms with Crippen molar-refractivity contribution >= 4 is 49.1 Å². The van der Waals surface area contributed by atoms with Crippen molar-refractivity contribution in [3.8, 4) is 5.75 Å².